The second-order valence-corrected chi connectivity index (χ2v) is 4.99. The fourth-order valence-electron chi connectivity index (χ4n) is 2.05. The predicted molar refractivity (Wildman–Crippen MR) is 75.3 cm³/mol. The first-order valence-electron chi connectivity index (χ1n) is 6.03. The van der Waals surface area contributed by atoms with Gasteiger partial charge in [0.05, 0.1) is 22.4 Å². The van der Waals surface area contributed by atoms with Crippen LogP contribution in [0.15, 0.2) is 35.1 Å². The summed E-state index contributed by atoms with van der Waals surface area (Å²) in [6.07, 6.45) is 4.52. The Morgan fingerprint density at radius 3 is 2.83 bits per heavy atom. The van der Waals surface area contributed by atoms with E-state index in [0.717, 1.165) is 28.8 Å². The molecule has 1 unspecified atom stereocenters. The van der Waals surface area contributed by atoms with Crippen molar-refractivity contribution in [1.82, 2.24) is 20.1 Å². The zero-order valence-corrected chi connectivity index (χ0v) is 12.2. The number of halogens is 1. The summed E-state index contributed by atoms with van der Waals surface area (Å²) < 4.78 is 2.94. The fraction of sp³-hybridized carbons (Fsp3) is 0.385. The van der Waals surface area contributed by atoms with Gasteiger partial charge < -0.3 is 5.32 Å². The standard InChI is InChI=1S/C13H17BrN4/c1-3-15-12(8-10-6-4-5-7-16-10)13-11(14)9-17-18(13)2/h4-7,9,12,15H,3,8H2,1-2H3. The summed E-state index contributed by atoms with van der Waals surface area (Å²) in [6.45, 7) is 3.02. The highest BCUT2D eigenvalue weighted by Crippen LogP contribution is 2.24. The van der Waals surface area contributed by atoms with Crippen LogP contribution in [0.2, 0.25) is 0 Å². The molecule has 96 valence electrons. The summed E-state index contributed by atoms with van der Waals surface area (Å²) in [5, 5.41) is 7.75. The number of hydrogen-bond donors (Lipinski definition) is 1. The first-order chi connectivity index (χ1) is 8.72. The van der Waals surface area contributed by atoms with Gasteiger partial charge in [-0.3, -0.25) is 9.67 Å². The van der Waals surface area contributed by atoms with Gasteiger partial charge in [-0.1, -0.05) is 13.0 Å². The SMILES string of the molecule is CCNC(Cc1ccccn1)c1c(Br)cnn1C. The van der Waals surface area contributed by atoms with Crippen LogP contribution in [0.4, 0.5) is 0 Å². The molecular weight excluding hydrogens is 292 g/mol. The summed E-state index contributed by atoms with van der Waals surface area (Å²) >= 11 is 3.56. The Bertz CT molecular complexity index is 475. The van der Waals surface area contributed by atoms with E-state index in [1.807, 2.05) is 36.3 Å². The van der Waals surface area contributed by atoms with Crippen molar-refractivity contribution in [2.75, 3.05) is 6.54 Å². The van der Waals surface area contributed by atoms with E-state index < -0.39 is 0 Å². The van der Waals surface area contributed by atoms with E-state index in [4.69, 9.17) is 0 Å². The molecule has 2 aromatic rings. The molecule has 0 spiro atoms. The molecule has 18 heavy (non-hydrogen) atoms. The normalized spacial score (nSPS) is 12.6. The van der Waals surface area contributed by atoms with E-state index in [2.05, 4.69) is 44.3 Å². The van der Waals surface area contributed by atoms with Gasteiger partial charge in [-0.05, 0) is 34.6 Å². The van der Waals surface area contributed by atoms with Gasteiger partial charge in [0.15, 0.2) is 0 Å². The molecule has 1 atom stereocenters. The average molecular weight is 309 g/mol. The molecule has 0 saturated carbocycles. The molecule has 0 aliphatic heterocycles. The molecule has 0 bridgehead atoms. The van der Waals surface area contributed by atoms with Crippen molar-refractivity contribution in [2.24, 2.45) is 7.05 Å². The van der Waals surface area contributed by atoms with Crippen LogP contribution in [0, 0.1) is 0 Å². The predicted octanol–water partition coefficient (Wildman–Crippen LogP) is 2.47. The van der Waals surface area contributed by atoms with Crippen molar-refractivity contribution >= 4 is 15.9 Å². The van der Waals surface area contributed by atoms with Crippen LogP contribution in [0.5, 0.6) is 0 Å². The maximum Gasteiger partial charge on any atom is 0.0696 e. The van der Waals surface area contributed by atoms with Gasteiger partial charge in [-0.25, -0.2) is 0 Å². The molecule has 5 heteroatoms. The smallest absolute Gasteiger partial charge is 0.0696 e. The molecule has 0 fully saturated rings. The van der Waals surface area contributed by atoms with E-state index in [1.165, 1.54) is 0 Å². The van der Waals surface area contributed by atoms with Gasteiger partial charge in [-0.2, -0.15) is 5.10 Å². The Morgan fingerprint density at radius 1 is 1.44 bits per heavy atom. The van der Waals surface area contributed by atoms with Crippen molar-refractivity contribution in [3.63, 3.8) is 0 Å². The number of nitrogens with one attached hydrogen (secondary N) is 1. The van der Waals surface area contributed by atoms with Crippen molar-refractivity contribution in [3.05, 3.63) is 46.5 Å². The number of pyridine rings is 1. The van der Waals surface area contributed by atoms with Crippen LogP contribution >= 0.6 is 15.9 Å². The van der Waals surface area contributed by atoms with Crippen LogP contribution in [-0.2, 0) is 13.5 Å². The van der Waals surface area contributed by atoms with Crippen molar-refractivity contribution in [2.45, 2.75) is 19.4 Å². The van der Waals surface area contributed by atoms with Crippen LogP contribution in [-0.4, -0.2) is 21.3 Å². The molecular formula is C13H17BrN4. The molecule has 0 aliphatic rings. The summed E-state index contributed by atoms with van der Waals surface area (Å²) in [7, 11) is 1.96. The van der Waals surface area contributed by atoms with Gasteiger partial charge in [0.2, 0.25) is 0 Å². The zero-order chi connectivity index (χ0) is 13.0. The lowest BCUT2D eigenvalue weighted by molar-refractivity contribution is 0.502. The molecule has 2 rings (SSSR count). The monoisotopic (exact) mass is 308 g/mol. The molecule has 0 saturated heterocycles. The fourth-order valence-corrected chi connectivity index (χ4v) is 2.68. The molecule has 0 amide bonds. The lowest BCUT2D eigenvalue weighted by Gasteiger charge is -2.18. The number of nitrogens with zero attached hydrogens (tertiary/aromatic N) is 3. The maximum atomic E-state index is 4.39. The topological polar surface area (TPSA) is 42.7 Å². The quantitative estimate of drug-likeness (QED) is 0.922. The Balaban J connectivity index is 2.24. The minimum Gasteiger partial charge on any atom is -0.309 e. The Kier molecular flexibility index (Phi) is 4.49. The van der Waals surface area contributed by atoms with E-state index >= 15 is 0 Å². The third-order valence-electron chi connectivity index (χ3n) is 2.86. The first kappa shape index (κ1) is 13.2. The number of likely N-dealkylation sites (N-methyl/N-ethyl adjacent to an activating group) is 1. The zero-order valence-electron chi connectivity index (χ0n) is 10.6. The maximum absolute atomic E-state index is 4.39. The third kappa shape index (κ3) is 2.97. The summed E-state index contributed by atoms with van der Waals surface area (Å²) in [4.78, 5) is 4.39. The van der Waals surface area contributed by atoms with Crippen molar-refractivity contribution < 1.29 is 0 Å². The number of hydrogen-bond acceptors (Lipinski definition) is 3. The molecule has 2 heterocycles. The second kappa shape index (κ2) is 6.11. The van der Waals surface area contributed by atoms with E-state index in [9.17, 15) is 0 Å². The van der Waals surface area contributed by atoms with Crippen LogP contribution in [0.25, 0.3) is 0 Å². The van der Waals surface area contributed by atoms with E-state index in [-0.39, 0.29) is 6.04 Å². The largest absolute Gasteiger partial charge is 0.309 e. The van der Waals surface area contributed by atoms with Gasteiger partial charge in [0.25, 0.3) is 0 Å². The first-order valence-corrected chi connectivity index (χ1v) is 6.82. The highest BCUT2D eigenvalue weighted by Gasteiger charge is 2.18. The van der Waals surface area contributed by atoms with Crippen LogP contribution in [0.3, 0.4) is 0 Å². The average Bonchev–Trinajstić information content (AvgIpc) is 2.70. The number of aromatic nitrogens is 3. The van der Waals surface area contributed by atoms with Gasteiger partial charge in [0, 0.05) is 25.4 Å². The molecule has 4 nitrogen and oxygen atoms in total. The highest BCUT2D eigenvalue weighted by atomic mass is 79.9. The minimum atomic E-state index is 0.215. The van der Waals surface area contributed by atoms with Crippen molar-refractivity contribution in [1.29, 1.82) is 0 Å². The summed E-state index contributed by atoms with van der Waals surface area (Å²) in [5.41, 5.74) is 2.24. The Morgan fingerprint density at radius 2 is 2.28 bits per heavy atom. The number of aryl methyl sites for hydroxylation is 1. The second-order valence-electron chi connectivity index (χ2n) is 4.14. The Hall–Kier alpha value is -1.20. The van der Waals surface area contributed by atoms with E-state index in [0.29, 0.717) is 0 Å². The minimum absolute atomic E-state index is 0.215. The summed E-state index contributed by atoms with van der Waals surface area (Å²) in [6, 6.07) is 6.22. The molecule has 2 aromatic heterocycles. The molecule has 0 aromatic carbocycles. The van der Waals surface area contributed by atoms with Crippen LogP contribution in [0.1, 0.15) is 24.4 Å². The molecule has 0 radical (unpaired) electrons. The van der Waals surface area contributed by atoms with E-state index in [1.54, 1.807) is 0 Å². The Labute approximate surface area is 116 Å². The highest BCUT2D eigenvalue weighted by molar-refractivity contribution is 9.10. The van der Waals surface area contributed by atoms with Crippen LogP contribution < -0.4 is 5.32 Å². The lowest BCUT2D eigenvalue weighted by Crippen LogP contribution is -2.25. The van der Waals surface area contributed by atoms with Crippen molar-refractivity contribution in [3.8, 4) is 0 Å². The van der Waals surface area contributed by atoms with Gasteiger partial charge in [0.1, 0.15) is 0 Å². The molecule has 0 aliphatic carbocycles. The third-order valence-corrected chi connectivity index (χ3v) is 3.47. The number of rotatable bonds is 5. The summed E-state index contributed by atoms with van der Waals surface area (Å²) in [5.74, 6) is 0. The molecule has 1 N–H and O–H groups in total. The van der Waals surface area contributed by atoms with Gasteiger partial charge >= 0.3 is 0 Å². The van der Waals surface area contributed by atoms with Gasteiger partial charge in [-0.15, -0.1) is 0 Å². The lowest BCUT2D eigenvalue weighted by atomic mass is 10.1.